The summed E-state index contributed by atoms with van der Waals surface area (Å²) in [5, 5.41) is 10.8. The van der Waals surface area contributed by atoms with Gasteiger partial charge in [0.05, 0.1) is 15.4 Å². The topological polar surface area (TPSA) is 77.3 Å². The minimum atomic E-state index is -3.44. The second kappa shape index (κ2) is 5.33. The number of hydrogen-bond acceptors (Lipinski definition) is 5. The summed E-state index contributed by atoms with van der Waals surface area (Å²) in [4.78, 5) is 10.2. The predicted molar refractivity (Wildman–Crippen MR) is 69.1 cm³/mol. The molecule has 0 radical (unpaired) electrons. The molecule has 5 nitrogen and oxygen atoms in total. The number of rotatable bonds is 4. The monoisotopic (exact) mass is 273 g/mol. The van der Waals surface area contributed by atoms with Crippen molar-refractivity contribution in [2.24, 2.45) is 0 Å². The van der Waals surface area contributed by atoms with Crippen molar-refractivity contribution in [3.05, 3.63) is 40.0 Å². The van der Waals surface area contributed by atoms with Gasteiger partial charge in [0.15, 0.2) is 9.84 Å². The number of sulfone groups is 1. The van der Waals surface area contributed by atoms with E-state index in [1.54, 1.807) is 6.08 Å². The SMILES string of the molecule is CS(=O)(=O)c1ccc(C=CCS)c([N+](=O)[O-])c1. The largest absolute Gasteiger partial charge is 0.277 e. The molecule has 0 fully saturated rings. The first-order chi connectivity index (χ1) is 7.86. The first kappa shape index (κ1) is 13.7. The summed E-state index contributed by atoms with van der Waals surface area (Å²) in [7, 11) is -3.44. The van der Waals surface area contributed by atoms with Gasteiger partial charge in [-0.15, -0.1) is 0 Å². The second-order valence-electron chi connectivity index (χ2n) is 3.33. The molecule has 1 aromatic carbocycles. The van der Waals surface area contributed by atoms with Gasteiger partial charge >= 0.3 is 0 Å². The third-order valence-corrected chi connectivity index (χ3v) is 3.35. The lowest BCUT2D eigenvalue weighted by atomic mass is 10.1. The number of nitro benzene ring substituents is 1. The summed E-state index contributed by atoms with van der Waals surface area (Å²) in [6, 6.07) is 3.82. The molecule has 0 bridgehead atoms. The van der Waals surface area contributed by atoms with Gasteiger partial charge in [-0.25, -0.2) is 8.42 Å². The third kappa shape index (κ3) is 3.57. The van der Waals surface area contributed by atoms with E-state index in [9.17, 15) is 18.5 Å². The standard InChI is InChI=1S/C10H11NO4S2/c1-17(14,15)9-5-4-8(3-2-6-16)10(7-9)11(12)13/h2-5,7,16H,6H2,1H3. The van der Waals surface area contributed by atoms with Crippen LogP contribution in [0.3, 0.4) is 0 Å². The van der Waals surface area contributed by atoms with Crippen LogP contribution in [0.25, 0.3) is 6.08 Å². The minimum absolute atomic E-state index is 0.0628. The summed E-state index contributed by atoms with van der Waals surface area (Å²) in [5.41, 5.74) is 0.127. The van der Waals surface area contributed by atoms with Gasteiger partial charge in [-0.3, -0.25) is 10.1 Å². The highest BCUT2D eigenvalue weighted by molar-refractivity contribution is 7.90. The minimum Gasteiger partial charge on any atom is -0.258 e. The highest BCUT2D eigenvalue weighted by atomic mass is 32.2. The number of hydrogen-bond donors (Lipinski definition) is 1. The van der Waals surface area contributed by atoms with Gasteiger partial charge < -0.3 is 0 Å². The fourth-order valence-corrected chi connectivity index (χ4v) is 1.98. The second-order valence-corrected chi connectivity index (χ2v) is 5.72. The lowest BCUT2D eigenvalue weighted by Crippen LogP contribution is -2.00. The van der Waals surface area contributed by atoms with Gasteiger partial charge in [-0.1, -0.05) is 12.2 Å². The predicted octanol–water partition coefficient (Wildman–Crippen LogP) is 1.94. The van der Waals surface area contributed by atoms with Crippen molar-refractivity contribution < 1.29 is 13.3 Å². The molecule has 0 unspecified atom stereocenters. The summed E-state index contributed by atoms with van der Waals surface area (Å²) < 4.78 is 22.6. The van der Waals surface area contributed by atoms with Gasteiger partial charge in [0.25, 0.3) is 5.69 Å². The van der Waals surface area contributed by atoms with E-state index in [0.717, 1.165) is 12.3 Å². The van der Waals surface area contributed by atoms with Crippen LogP contribution in [-0.4, -0.2) is 25.3 Å². The Hall–Kier alpha value is -1.34. The van der Waals surface area contributed by atoms with Crippen LogP contribution in [0.15, 0.2) is 29.2 Å². The molecule has 0 atom stereocenters. The van der Waals surface area contributed by atoms with E-state index in [1.807, 2.05) is 0 Å². The molecule has 0 saturated heterocycles. The molecule has 0 amide bonds. The molecule has 0 heterocycles. The zero-order valence-corrected chi connectivity index (χ0v) is 10.7. The molecular weight excluding hydrogens is 262 g/mol. The van der Waals surface area contributed by atoms with Crippen molar-refractivity contribution >= 4 is 34.2 Å². The highest BCUT2D eigenvalue weighted by Crippen LogP contribution is 2.24. The average molecular weight is 273 g/mol. The van der Waals surface area contributed by atoms with Crippen molar-refractivity contribution in [2.75, 3.05) is 12.0 Å². The molecule has 7 heteroatoms. The molecule has 0 N–H and O–H groups in total. The number of nitrogens with zero attached hydrogens (tertiary/aromatic N) is 1. The molecule has 0 aliphatic carbocycles. The van der Waals surface area contributed by atoms with Crippen LogP contribution in [0.2, 0.25) is 0 Å². The maximum Gasteiger partial charge on any atom is 0.277 e. The van der Waals surface area contributed by atoms with Crippen LogP contribution in [0.1, 0.15) is 5.56 Å². The molecule has 0 aliphatic heterocycles. The Balaban J connectivity index is 3.37. The Labute approximate surface area is 105 Å². The van der Waals surface area contributed by atoms with Crippen LogP contribution < -0.4 is 0 Å². The Morgan fingerprint density at radius 3 is 2.59 bits per heavy atom. The molecule has 0 spiro atoms. The first-order valence-corrected chi connectivity index (χ1v) is 7.14. The lowest BCUT2D eigenvalue weighted by Gasteiger charge is -2.01. The normalized spacial score (nSPS) is 11.9. The van der Waals surface area contributed by atoms with Gasteiger partial charge in [0.2, 0.25) is 0 Å². The zero-order chi connectivity index (χ0) is 13.1. The van der Waals surface area contributed by atoms with Gasteiger partial charge in [0, 0.05) is 18.1 Å². The van der Waals surface area contributed by atoms with E-state index in [4.69, 9.17) is 0 Å². The Bertz CT molecular complexity index is 564. The number of thiol groups is 1. The van der Waals surface area contributed by atoms with Crippen LogP contribution in [0, 0.1) is 10.1 Å². The summed E-state index contributed by atoms with van der Waals surface area (Å²) >= 11 is 3.95. The van der Waals surface area contributed by atoms with E-state index in [-0.39, 0.29) is 10.6 Å². The zero-order valence-electron chi connectivity index (χ0n) is 9.03. The molecular formula is C10H11NO4S2. The van der Waals surface area contributed by atoms with Crippen molar-refractivity contribution in [3.8, 4) is 0 Å². The van der Waals surface area contributed by atoms with E-state index in [1.165, 1.54) is 18.2 Å². The van der Waals surface area contributed by atoms with E-state index < -0.39 is 14.8 Å². The van der Waals surface area contributed by atoms with E-state index >= 15 is 0 Å². The molecule has 17 heavy (non-hydrogen) atoms. The van der Waals surface area contributed by atoms with E-state index in [0.29, 0.717) is 11.3 Å². The number of nitro groups is 1. The quantitative estimate of drug-likeness (QED) is 0.516. The molecule has 92 valence electrons. The van der Waals surface area contributed by atoms with Crippen molar-refractivity contribution in [1.82, 2.24) is 0 Å². The van der Waals surface area contributed by atoms with E-state index in [2.05, 4.69) is 12.6 Å². The highest BCUT2D eigenvalue weighted by Gasteiger charge is 2.16. The summed E-state index contributed by atoms with van der Waals surface area (Å²) in [5.74, 6) is 0.449. The third-order valence-electron chi connectivity index (χ3n) is 2.03. The van der Waals surface area contributed by atoms with Gasteiger partial charge in [0.1, 0.15) is 0 Å². The molecule has 0 aliphatic rings. The molecule has 0 aromatic heterocycles. The first-order valence-electron chi connectivity index (χ1n) is 4.62. The fourth-order valence-electron chi connectivity index (χ4n) is 1.23. The maximum absolute atomic E-state index is 11.3. The van der Waals surface area contributed by atoms with Crippen molar-refractivity contribution in [3.63, 3.8) is 0 Å². The summed E-state index contributed by atoms with van der Waals surface area (Å²) in [6.07, 6.45) is 4.19. The smallest absolute Gasteiger partial charge is 0.258 e. The van der Waals surface area contributed by atoms with Crippen molar-refractivity contribution in [2.45, 2.75) is 4.90 Å². The molecule has 1 aromatic rings. The van der Waals surface area contributed by atoms with Crippen LogP contribution in [-0.2, 0) is 9.84 Å². The average Bonchev–Trinajstić information content (AvgIpc) is 2.24. The number of benzene rings is 1. The van der Waals surface area contributed by atoms with Crippen molar-refractivity contribution in [1.29, 1.82) is 0 Å². The maximum atomic E-state index is 11.3. The Morgan fingerprint density at radius 1 is 1.47 bits per heavy atom. The molecule has 0 saturated carbocycles. The van der Waals surface area contributed by atoms with Gasteiger partial charge in [-0.2, -0.15) is 12.6 Å². The van der Waals surface area contributed by atoms with Crippen LogP contribution in [0.5, 0.6) is 0 Å². The van der Waals surface area contributed by atoms with Crippen LogP contribution >= 0.6 is 12.6 Å². The van der Waals surface area contributed by atoms with Crippen LogP contribution in [0.4, 0.5) is 5.69 Å². The lowest BCUT2D eigenvalue weighted by molar-refractivity contribution is -0.385. The Kier molecular flexibility index (Phi) is 4.30. The summed E-state index contributed by atoms with van der Waals surface area (Å²) in [6.45, 7) is 0. The fraction of sp³-hybridized carbons (Fsp3) is 0.200. The molecule has 1 rings (SSSR count). The van der Waals surface area contributed by atoms with Gasteiger partial charge in [-0.05, 0) is 12.1 Å². The Morgan fingerprint density at radius 2 is 2.12 bits per heavy atom.